The Hall–Kier alpha value is -1.78. The van der Waals surface area contributed by atoms with Crippen LogP contribution in [0.25, 0.3) is 0 Å². The molecule has 0 amide bonds. The minimum absolute atomic E-state index is 0.390. The summed E-state index contributed by atoms with van der Waals surface area (Å²) >= 11 is 0. The highest BCUT2D eigenvalue weighted by Crippen LogP contribution is 2.06. The highest BCUT2D eigenvalue weighted by Gasteiger charge is 2.03. The van der Waals surface area contributed by atoms with Crippen LogP contribution in [0.1, 0.15) is 25.6 Å². The van der Waals surface area contributed by atoms with Gasteiger partial charge < -0.3 is 5.73 Å². The Kier molecular flexibility index (Phi) is 2.45. The Morgan fingerprint density at radius 1 is 1.47 bits per heavy atom. The minimum atomic E-state index is 0.390. The summed E-state index contributed by atoms with van der Waals surface area (Å²) in [7, 11) is 0. The van der Waals surface area contributed by atoms with E-state index in [4.69, 9.17) is 5.73 Å². The molecular weight excluding hydrogens is 190 g/mol. The fraction of sp³-hybridized carbons (Fsp3) is 0.400. The molecule has 5 nitrogen and oxygen atoms in total. The van der Waals surface area contributed by atoms with E-state index in [-0.39, 0.29) is 0 Å². The number of rotatable bonds is 3. The molecule has 2 rings (SSSR count). The third kappa shape index (κ3) is 2.18. The van der Waals surface area contributed by atoms with E-state index in [0.717, 1.165) is 5.69 Å². The molecule has 15 heavy (non-hydrogen) atoms. The second kappa shape index (κ2) is 3.76. The van der Waals surface area contributed by atoms with Crippen molar-refractivity contribution >= 4 is 5.69 Å². The average Bonchev–Trinajstić information content (AvgIpc) is 2.76. The zero-order chi connectivity index (χ0) is 10.8. The van der Waals surface area contributed by atoms with Gasteiger partial charge in [-0.2, -0.15) is 10.2 Å². The molecule has 0 saturated carbocycles. The third-order valence-corrected chi connectivity index (χ3v) is 2.17. The molecule has 2 aromatic rings. The van der Waals surface area contributed by atoms with Crippen molar-refractivity contribution in [2.45, 2.75) is 26.4 Å². The Morgan fingerprint density at radius 2 is 2.27 bits per heavy atom. The molecule has 0 spiro atoms. The summed E-state index contributed by atoms with van der Waals surface area (Å²) < 4.78 is 3.71. The van der Waals surface area contributed by atoms with E-state index in [9.17, 15) is 0 Å². The van der Waals surface area contributed by atoms with E-state index >= 15 is 0 Å². The van der Waals surface area contributed by atoms with Gasteiger partial charge in [0.25, 0.3) is 0 Å². The summed E-state index contributed by atoms with van der Waals surface area (Å²) in [5.74, 6) is 0. The summed E-state index contributed by atoms with van der Waals surface area (Å²) in [6.45, 7) is 4.86. The molecule has 0 atom stereocenters. The Morgan fingerprint density at radius 3 is 2.80 bits per heavy atom. The normalized spacial score (nSPS) is 11.1. The monoisotopic (exact) mass is 205 g/mol. The van der Waals surface area contributed by atoms with E-state index < -0.39 is 0 Å². The number of hydrogen-bond donors (Lipinski definition) is 1. The SMILES string of the molecule is CC(C)n1ccc(Cn2cc(N)cn2)n1. The van der Waals surface area contributed by atoms with Gasteiger partial charge >= 0.3 is 0 Å². The maximum atomic E-state index is 5.58. The second-order valence-corrected chi connectivity index (χ2v) is 3.85. The zero-order valence-electron chi connectivity index (χ0n) is 8.96. The topological polar surface area (TPSA) is 61.7 Å². The van der Waals surface area contributed by atoms with Gasteiger partial charge in [0.15, 0.2) is 0 Å². The minimum Gasteiger partial charge on any atom is -0.396 e. The van der Waals surface area contributed by atoms with Crippen LogP contribution >= 0.6 is 0 Å². The Bertz CT molecular complexity index is 440. The molecule has 0 bridgehead atoms. The number of aromatic nitrogens is 4. The second-order valence-electron chi connectivity index (χ2n) is 3.85. The van der Waals surface area contributed by atoms with Crippen LogP contribution in [0, 0.1) is 0 Å². The van der Waals surface area contributed by atoms with Crippen molar-refractivity contribution in [3.8, 4) is 0 Å². The van der Waals surface area contributed by atoms with Crippen LogP contribution in [-0.4, -0.2) is 19.6 Å². The molecule has 0 fully saturated rings. The molecule has 0 aliphatic carbocycles. The van der Waals surface area contributed by atoms with E-state index in [0.29, 0.717) is 18.3 Å². The number of anilines is 1. The summed E-state index contributed by atoms with van der Waals surface area (Å²) in [5, 5.41) is 8.54. The van der Waals surface area contributed by atoms with Crippen molar-refractivity contribution in [1.82, 2.24) is 19.6 Å². The van der Waals surface area contributed by atoms with Gasteiger partial charge in [0, 0.05) is 18.4 Å². The van der Waals surface area contributed by atoms with Gasteiger partial charge in [0.05, 0.1) is 24.1 Å². The number of hydrogen-bond acceptors (Lipinski definition) is 3. The van der Waals surface area contributed by atoms with E-state index in [1.165, 1.54) is 0 Å². The largest absolute Gasteiger partial charge is 0.396 e. The fourth-order valence-corrected chi connectivity index (χ4v) is 1.38. The van der Waals surface area contributed by atoms with Gasteiger partial charge in [-0.3, -0.25) is 9.36 Å². The summed E-state index contributed by atoms with van der Waals surface area (Å²) in [6.07, 6.45) is 5.42. The summed E-state index contributed by atoms with van der Waals surface area (Å²) in [5.41, 5.74) is 7.25. The maximum Gasteiger partial charge on any atom is 0.0850 e. The number of nitrogens with zero attached hydrogens (tertiary/aromatic N) is 4. The van der Waals surface area contributed by atoms with Crippen LogP contribution in [0.2, 0.25) is 0 Å². The highest BCUT2D eigenvalue weighted by molar-refractivity contribution is 5.30. The molecule has 0 saturated heterocycles. The van der Waals surface area contributed by atoms with Gasteiger partial charge in [-0.15, -0.1) is 0 Å². The van der Waals surface area contributed by atoms with Crippen LogP contribution in [-0.2, 0) is 6.54 Å². The van der Waals surface area contributed by atoms with Crippen LogP contribution < -0.4 is 5.73 Å². The van der Waals surface area contributed by atoms with Gasteiger partial charge in [0.1, 0.15) is 0 Å². The van der Waals surface area contributed by atoms with Crippen molar-refractivity contribution in [2.75, 3.05) is 5.73 Å². The number of nitrogens with two attached hydrogens (primary N) is 1. The molecule has 0 aliphatic rings. The lowest BCUT2D eigenvalue weighted by Crippen LogP contribution is -2.04. The van der Waals surface area contributed by atoms with Crippen molar-refractivity contribution in [3.63, 3.8) is 0 Å². The predicted molar refractivity (Wildman–Crippen MR) is 58.4 cm³/mol. The van der Waals surface area contributed by atoms with Crippen LogP contribution in [0.5, 0.6) is 0 Å². The Labute approximate surface area is 88.5 Å². The van der Waals surface area contributed by atoms with Crippen LogP contribution in [0.15, 0.2) is 24.7 Å². The van der Waals surface area contributed by atoms with Crippen molar-refractivity contribution in [2.24, 2.45) is 0 Å². The number of nitrogen functional groups attached to an aromatic ring is 1. The lowest BCUT2D eigenvalue weighted by molar-refractivity contribution is 0.521. The summed E-state index contributed by atoms with van der Waals surface area (Å²) in [6, 6.07) is 2.39. The first-order valence-electron chi connectivity index (χ1n) is 4.97. The molecule has 0 aromatic carbocycles. The van der Waals surface area contributed by atoms with Gasteiger partial charge in [0.2, 0.25) is 0 Å². The van der Waals surface area contributed by atoms with Crippen LogP contribution in [0.3, 0.4) is 0 Å². The van der Waals surface area contributed by atoms with E-state index in [1.54, 1.807) is 17.1 Å². The predicted octanol–water partition coefficient (Wildman–Crippen LogP) is 1.29. The van der Waals surface area contributed by atoms with Gasteiger partial charge in [-0.1, -0.05) is 0 Å². The lowest BCUT2D eigenvalue weighted by atomic mass is 10.4. The van der Waals surface area contributed by atoms with E-state index in [2.05, 4.69) is 24.0 Å². The third-order valence-electron chi connectivity index (χ3n) is 2.17. The Balaban J connectivity index is 2.11. The lowest BCUT2D eigenvalue weighted by Gasteiger charge is -2.03. The molecule has 2 aromatic heterocycles. The van der Waals surface area contributed by atoms with Crippen LogP contribution in [0.4, 0.5) is 5.69 Å². The molecule has 5 heteroatoms. The highest BCUT2D eigenvalue weighted by atomic mass is 15.3. The van der Waals surface area contributed by atoms with Gasteiger partial charge in [-0.05, 0) is 19.9 Å². The standard InChI is InChI=1S/C10H15N5/c1-8(2)15-4-3-10(13-15)7-14-6-9(11)5-12-14/h3-6,8H,7,11H2,1-2H3. The maximum absolute atomic E-state index is 5.58. The van der Waals surface area contributed by atoms with Crippen molar-refractivity contribution in [1.29, 1.82) is 0 Å². The van der Waals surface area contributed by atoms with Crippen molar-refractivity contribution in [3.05, 3.63) is 30.4 Å². The molecule has 0 aliphatic heterocycles. The molecule has 0 radical (unpaired) electrons. The smallest absolute Gasteiger partial charge is 0.0850 e. The van der Waals surface area contributed by atoms with E-state index in [1.807, 2.05) is 16.9 Å². The first-order valence-corrected chi connectivity index (χ1v) is 4.97. The first kappa shape index (κ1) is 9.76. The molecule has 2 heterocycles. The quantitative estimate of drug-likeness (QED) is 0.821. The summed E-state index contributed by atoms with van der Waals surface area (Å²) in [4.78, 5) is 0. The molecule has 80 valence electrons. The molecular formula is C10H15N5. The molecule has 0 unspecified atom stereocenters. The molecule has 2 N–H and O–H groups in total. The first-order chi connectivity index (χ1) is 7.15. The van der Waals surface area contributed by atoms with Gasteiger partial charge in [-0.25, -0.2) is 0 Å². The zero-order valence-corrected chi connectivity index (χ0v) is 8.96. The average molecular weight is 205 g/mol. The fourth-order valence-electron chi connectivity index (χ4n) is 1.38. The van der Waals surface area contributed by atoms with Crippen molar-refractivity contribution < 1.29 is 0 Å².